The summed E-state index contributed by atoms with van der Waals surface area (Å²) in [5.74, 6) is 1.05. The van der Waals surface area contributed by atoms with Crippen LogP contribution in [0.15, 0.2) is 19.0 Å². The fraction of sp³-hybridized carbons (Fsp3) is 0.438. The number of rotatable bonds is 5. The van der Waals surface area contributed by atoms with Crippen molar-refractivity contribution >= 4 is 27.5 Å². The van der Waals surface area contributed by atoms with Gasteiger partial charge in [0, 0.05) is 11.4 Å². The maximum Gasteiger partial charge on any atom is 0.258 e. The van der Waals surface area contributed by atoms with Crippen molar-refractivity contribution in [2.45, 2.75) is 26.2 Å². The van der Waals surface area contributed by atoms with Crippen molar-refractivity contribution in [2.24, 2.45) is 5.92 Å². The molecule has 1 N–H and O–H groups in total. The molecule has 3 rings (SSSR count). The van der Waals surface area contributed by atoms with Crippen LogP contribution >= 0.6 is 11.3 Å². The van der Waals surface area contributed by atoms with Crippen LogP contribution in [0.1, 0.15) is 23.8 Å². The van der Waals surface area contributed by atoms with Crippen LogP contribution in [0.4, 0.5) is 0 Å². The first-order valence-corrected chi connectivity index (χ1v) is 8.26. The van der Waals surface area contributed by atoms with Crippen LogP contribution < -0.4 is 10.1 Å². The number of thiophene rings is 1. The lowest BCUT2D eigenvalue weighted by molar-refractivity contribution is -0.122. The summed E-state index contributed by atoms with van der Waals surface area (Å²) in [6.45, 7) is 6.24. The minimum absolute atomic E-state index is 0.0407. The molecule has 1 atom stereocenters. The van der Waals surface area contributed by atoms with Gasteiger partial charge in [0.2, 0.25) is 5.88 Å². The first-order chi connectivity index (χ1) is 10.7. The second-order valence-corrected chi connectivity index (χ2v) is 6.68. The molecule has 0 bridgehead atoms. The molecule has 0 saturated carbocycles. The molecule has 2 heterocycles. The Morgan fingerprint density at radius 3 is 3.27 bits per heavy atom. The first-order valence-electron chi connectivity index (χ1n) is 7.44. The summed E-state index contributed by atoms with van der Waals surface area (Å²) < 4.78 is 5.64. The van der Waals surface area contributed by atoms with Gasteiger partial charge < -0.3 is 10.1 Å². The van der Waals surface area contributed by atoms with E-state index in [1.54, 1.807) is 17.4 Å². The SMILES string of the molecule is C=CCNC(=O)COc1ncnc2sc3c(c12)CCC(C)C3. The monoisotopic (exact) mass is 317 g/mol. The third kappa shape index (κ3) is 2.97. The van der Waals surface area contributed by atoms with Crippen molar-refractivity contribution in [2.75, 3.05) is 13.2 Å². The van der Waals surface area contributed by atoms with E-state index in [1.165, 1.54) is 23.2 Å². The number of fused-ring (bicyclic) bond motifs is 3. The van der Waals surface area contributed by atoms with Crippen LogP contribution in [0, 0.1) is 5.92 Å². The second kappa shape index (κ2) is 6.44. The minimum atomic E-state index is -0.176. The highest BCUT2D eigenvalue weighted by atomic mass is 32.1. The highest BCUT2D eigenvalue weighted by Gasteiger charge is 2.23. The molecule has 0 aromatic carbocycles. The van der Waals surface area contributed by atoms with Gasteiger partial charge in [-0.05, 0) is 30.7 Å². The number of hydrogen-bond donors (Lipinski definition) is 1. The molecule has 0 saturated heterocycles. The molecule has 1 aliphatic carbocycles. The zero-order valence-corrected chi connectivity index (χ0v) is 13.4. The Balaban J connectivity index is 1.84. The van der Waals surface area contributed by atoms with Crippen molar-refractivity contribution < 1.29 is 9.53 Å². The van der Waals surface area contributed by atoms with Crippen LogP contribution in [0.3, 0.4) is 0 Å². The number of aryl methyl sites for hydroxylation is 1. The van der Waals surface area contributed by atoms with Crippen molar-refractivity contribution in [3.05, 3.63) is 29.4 Å². The van der Waals surface area contributed by atoms with Gasteiger partial charge in [-0.3, -0.25) is 4.79 Å². The standard InChI is InChI=1S/C16H19N3O2S/c1-3-6-17-13(20)8-21-15-14-11-5-4-10(2)7-12(11)22-16(14)19-9-18-15/h3,9-10H,1,4-8H2,2H3,(H,17,20). The van der Waals surface area contributed by atoms with E-state index in [1.807, 2.05) is 0 Å². The average Bonchev–Trinajstić information content (AvgIpc) is 2.88. The molecule has 2 aromatic rings. The van der Waals surface area contributed by atoms with Crippen molar-refractivity contribution in [3.63, 3.8) is 0 Å². The molecule has 0 fully saturated rings. The van der Waals surface area contributed by atoms with E-state index in [4.69, 9.17) is 4.74 Å². The Hall–Kier alpha value is -1.95. The van der Waals surface area contributed by atoms with Crippen LogP contribution in [0.25, 0.3) is 10.2 Å². The number of nitrogens with zero attached hydrogens (tertiary/aromatic N) is 2. The Kier molecular flexibility index (Phi) is 4.38. The third-order valence-electron chi connectivity index (χ3n) is 3.84. The molecular weight excluding hydrogens is 298 g/mol. The molecule has 2 aromatic heterocycles. The zero-order valence-electron chi connectivity index (χ0n) is 12.6. The topological polar surface area (TPSA) is 64.1 Å². The lowest BCUT2D eigenvalue weighted by Gasteiger charge is -2.18. The lowest BCUT2D eigenvalue weighted by Crippen LogP contribution is -2.29. The van der Waals surface area contributed by atoms with Crippen molar-refractivity contribution in [1.29, 1.82) is 0 Å². The summed E-state index contributed by atoms with van der Waals surface area (Å²) in [5, 5.41) is 3.68. The number of amides is 1. The molecule has 0 spiro atoms. The smallest absolute Gasteiger partial charge is 0.258 e. The van der Waals surface area contributed by atoms with Gasteiger partial charge in [-0.1, -0.05) is 13.0 Å². The maximum atomic E-state index is 11.7. The van der Waals surface area contributed by atoms with E-state index in [0.717, 1.165) is 23.1 Å². The number of ether oxygens (including phenoxy) is 1. The number of carbonyl (C=O) groups is 1. The van der Waals surface area contributed by atoms with E-state index < -0.39 is 0 Å². The Labute approximate surface area is 133 Å². The Morgan fingerprint density at radius 1 is 1.59 bits per heavy atom. The number of carbonyl (C=O) groups excluding carboxylic acids is 1. The highest BCUT2D eigenvalue weighted by Crippen LogP contribution is 2.40. The minimum Gasteiger partial charge on any atom is -0.467 e. The first kappa shape index (κ1) is 15.0. The molecule has 5 nitrogen and oxygen atoms in total. The largest absolute Gasteiger partial charge is 0.467 e. The van der Waals surface area contributed by atoms with Crippen LogP contribution in [0.2, 0.25) is 0 Å². The van der Waals surface area contributed by atoms with Crippen LogP contribution in [0.5, 0.6) is 5.88 Å². The van der Waals surface area contributed by atoms with E-state index in [0.29, 0.717) is 18.3 Å². The fourth-order valence-corrected chi connectivity index (χ4v) is 4.07. The van der Waals surface area contributed by atoms with Crippen LogP contribution in [-0.4, -0.2) is 29.0 Å². The quantitative estimate of drug-likeness (QED) is 0.861. The predicted octanol–water partition coefficient (Wildman–Crippen LogP) is 2.50. The molecular formula is C16H19N3O2S. The molecule has 6 heteroatoms. The summed E-state index contributed by atoms with van der Waals surface area (Å²) in [5.41, 5.74) is 1.31. The number of nitrogens with one attached hydrogen (secondary N) is 1. The second-order valence-electron chi connectivity index (χ2n) is 5.59. The molecule has 1 aliphatic rings. The van der Waals surface area contributed by atoms with E-state index >= 15 is 0 Å². The van der Waals surface area contributed by atoms with Gasteiger partial charge in [0.15, 0.2) is 6.61 Å². The average molecular weight is 317 g/mol. The van der Waals surface area contributed by atoms with E-state index in [2.05, 4.69) is 28.8 Å². The van der Waals surface area contributed by atoms with Gasteiger partial charge in [-0.25, -0.2) is 9.97 Å². The highest BCUT2D eigenvalue weighted by molar-refractivity contribution is 7.18. The van der Waals surface area contributed by atoms with Gasteiger partial charge in [0.1, 0.15) is 11.2 Å². The Bertz CT molecular complexity index is 711. The molecule has 22 heavy (non-hydrogen) atoms. The van der Waals surface area contributed by atoms with Gasteiger partial charge in [-0.2, -0.15) is 0 Å². The fourth-order valence-electron chi connectivity index (χ4n) is 2.73. The molecule has 1 unspecified atom stereocenters. The molecule has 0 aliphatic heterocycles. The maximum absolute atomic E-state index is 11.7. The van der Waals surface area contributed by atoms with Crippen molar-refractivity contribution in [3.8, 4) is 5.88 Å². The number of hydrogen-bond acceptors (Lipinski definition) is 5. The van der Waals surface area contributed by atoms with Crippen molar-refractivity contribution in [1.82, 2.24) is 15.3 Å². The lowest BCUT2D eigenvalue weighted by atomic mass is 9.89. The normalized spacial score (nSPS) is 17.0. The summed E-state index contributed by atoms with van der Waals surface area (Å²) in [7, 11) is 0. The molecule has 116 valence electrons. The number of aromatic nitrogens is 2. The molecule has 1 amide bonds. The van der Waals surface area contributed by atoms with E-state index in [-0.39, 0.29) is 12.5 Å². The van der Waals surface area contributed by atoms with Crippen LogP contribution in [-0.2, 0) is 17.6 Å². The van der Waals surface area contributed by atoms with Gasteiger partial charge >= 0.3 is 0 Å². The Morgan fingerprint density at radius 2 is 2.45 bits per heavy atom. The predicted molar refractivity (Wildman–Crippen MR) is 87.3 cm³/mol. The zero-order chi connectivity index (χ0) is 15.5. The van der Waals surface area contributed by atoms with Gasteiger partial charge in [0.05, 0.1) is 5.39 Å². The summed E-state index contributed by atoms with van der Waals surface area (Å²) in [4.78, 5) is 22.6. The summed E-state index contributed by atoms with van der Waals surface area (Å²) >= 11 is 1.72. The van der Waals surface area contributed by atoms with Gasteiger partial charge in [0.25, 0.3) is 5.91 Å². The molecule has 0 radical (unpaired) electrons. The van der Waals surface area contributed by atoms with Gasteiger partial charge in [-0.15, -0.1) is 17.9 Å². The summed E-state index contributed by atoms with van der Waals surface area (Å²) in [6, 6.07) is 0. The summed E-state index contributed by atoms with van der Waals surface area (Å²) in [6.07, 6.45) is 6.44. The van der Waals surface area contributed by atoms with E-state index in [9.17, 15) is 4.79 Å². The third-order valence-corrected chi connectivity index (χ3v) is 5.00.